The zero-order valence-corrected chi connectivity index (χ0v) is 10.8. The Morgan fingerprint density at radius 2 is 2.07 bits per heavy atom. The lowest BCUT2D eigenvalue weighted by Crippen LogP contribution is -2.28. The van der Waals surface area contributed by atoms with Gasteiger partial charge in [-0.2, -0.15) is 0 Å². The molecule has 1 heterocycles. The molecular weight excluding hydrogens is 210 g/mol. The van der Waals surface area contributed by atoms with Gasteiger partial charge < -0.3 is 5.32 Å². The third kappa shape index (κ3) is 4.11. The Kier molecular flexibility index (Phi) is 4.59. The molecule has 1 saturated heterocycles. The second-order valence-electron chi connectivity index (χ2n) is 5.11. The molecule has 0 bridgehead atoms. The minimum Gasteiger partial charge on any atom is -0.319 e. The molecular formula is C11H23NO2S. The zero-order valence-electron chi connectivity index (χ0n) is 9.99. The second-order valence-corrected chi connectivity index (χ2v) is 7.34. The molecule has 0 spiro atoms. The molecule has 0 aromatic rings. The van der Waals surface area contributed by atoms with Crippen molar-refractivity contribution in [3.05, 3.63) is 0 Å². The number of hydrogen-bond donors (Lipinski definition) is 1. The molecule has 0 saturated carbocycles. The van der Waals surface area contributed by atoms with Crippen LogP contribution in [0.1, 0.15) is 26.7 Å². The maximum Gasteiger partial charge on any atom is 0.150 e. The van der Waals surface area contributed by atoms with Gasteiger partial charge in [-0.1, -0.05) is 13.8 Å². The largest absolute Gasteiger partial charge is 0.319 e. The first kappa shape index (κ1) is 13.0. The van der Waals surface area contributed by atoms with Crippen LogP contribution < -0.4 is 5.32 Å². The Hall–Kier alpha value is -0.0900. The first-order chi connectivity index (χ1) is 6.94. The molecule has 2 atom stereocenters. The zero-order chi connectivity index (χ0) is 11.5. The van der Waals surface area contributed by atoms with Crippen LogP contribution in [0.4, 0.5) is 0 Å². The Balaban J connectivity index is 2.57. The lowest BCUT2D eigenvalue weighted by molar-refractivity contribution is 0.297. The third-order valence-corrected chi connectivity index (χ3v) is 4.97. The van der Waals surface area contributed by atoms with Gasteiger partial charge in [-0.3, -0.25) is 0 Å². The molecule has 0 aromatic carbocycles. The minimum absolute atomic E-state index is 0.379. The van der Waals surface area contributed by atoms with Crippen molar-refractivity contribution >= 4 is 9.84 Å². The quantitative estimate of drug-likeness (QED) is 0.778. The second kappa shape index (κ2) is 5.30. The summed E-state index contributed by atoms with van der Waals surface area (Å²) in [5, 5.41) is 3.18. The molecule has 1 rings (SSSR count). The van der Waals surface area contributed by atoms with E-state index in [4.69, 9.17) is 0 Å². The molecule has 0 radical (unpaired) electrons. The highest BCUT2D eigenvalue weighted by Gasteiger charge is 2.33. The molecule has 1 N–H and O–H groups in total. The minimum atomic E-state index is -2.72. The van der Waals surface area contributed by atoms with E-state index in [0.717, 1.165) is 19.4 Å². The van der Waals surface area contributed by atoms with Gasteiger partial charge in [0.05, 0.1) is 11.5 Å². The summed E-state index contributed by atoms with van der Waals surface area (Å²) in [5.74, 6) is 2.35. The summed E-state index contributed by atoms with van der Waals surface area (Å²) in [6, 6.07) is 0. The Morgan fingerprint density at radius 3 is 2.47 bits per heavy atom. The summed E-state index contributed by atoms with van der Waals surface area (Å²) in [4.78, 5) is 0. The smallest absolute Gasteiger partial charge is 0.150 e. The van der Waals surface area contributed by atoms with Crippen LogP contribution in [-0.4, -0.2) is 33.5 Å². The van der Waals surface area contributed by atoms with E-state index in [2.05, 4.69) is 19.2 Å². The lowest BCUT2D eigenvalue weighted by Gasteiger charge is -2.24. The van der Waals surface area contributed by atoms with E-state index in [0.29, 0.717) is 29.3 Å². The molecule has 3 nitrogen and oxygen atoms in total. The number of sulfone groups is 1. The van der Waals surface area contributed by atoms with Crippen molar-refractivity contribution in [1.29, 1.82) is 0 Å². The van der Waals surface area contributed by atoms with Gasteiger partial charge in [-0.05, 0) is 44.2 Å². The van der Waals surface area contributed by atoms with Crippen LogP contribution in [0, 0.1) is 17.8 Å². The first-order valence-corrected chi connectivity index (χ1v) is 7.61. The van der Waals surface area contributed by atoms with Crippen LogP contribution in [0.15, 0.2) is 0 Å². The van der Waals surface area contributed by atoms with Crippen LogP contribution in [-0.2, 0) is 9.84 Å². The molecule has 0 aliphatic carbocycles. The molecule has 15 heavy (non-hydrogen) atoms. The van der Waals surface area contributed by atoms with Crippen molar-refractivity contribution in [3.63, 3.8) is 0 Å². The molecule has 1 fully saturated rings. The molecule has 0 amide bonds. The standard InChI is InChI=1S/C11H23NO2S/c1-9(2)6-11(7-12-3)10-4-5-15(13,14)8-10/h9-12H,4-8H2,1-3H3. The van der Waals surface area contributed by atoms with Gasteiger partial charge in [0.25, 0.3) is 0 Å². The molecule has 2 unspecified atom stereocenters. The highest BCUT2D eigenvalue weighted by Crippen LogP contribution is 2.29. The first-order valence-electron chi connectivity index (χ1n) is 5.79. The molecule has 4 heteroatoms. The summed E-state index contributed by atoms with van der Waals surface area (Å²) in [6.45, 7) is 5.34. The van der Waals surface area contributed by atoms with Gasteiger partial charge in [0.15, 0.2) is 9.84 Å². The van der Waals surface area contributed by atoms with Crippen LogP contribution in [0.25, 0.3) is 0 Å². The summed E-state index contributed by atoms with van der Waals surface area (Å²) < 4.78 is 22.8. The predicted octanol–water partition coefficient (Wildman–Crippen LogP) is 1.30. The number of rotatable bonds is 5. The van der Waals surface area contributed by atoms with Gasteiger partial charge >= 0.3 is 0 Å². The maximum atomic E-state index is 11.4. The fraction of sp³-hybridized carbons (Fsp3) is 1.00. The van der Waals surface area contributed by atoms with E-state index in [-0.39, 0.29) is 0 Å². The SMILES string of the molecule is CNCC(CC(C)C)C1CCS(=O)(=O)C1. The van der Waals surface area contributed by atoms with Crippen molar-refractivity contribution in [1.82, 2.24) is 5.32 Å². The molecule has 1 aliphatic heterocycles. The topological polar surface area (TPSA) is 46.2 Å². The van der Waals surface area contributed by atoms with Gasteiger partial charge in [-0.15, -0.1) is 0 Å². The Bertz CT molecular complexity index is 285. The van der Waals surface area contributed by atoms with E-state index < -0.39 is 9.84 Å². The van der Waals surface area contributed by atoms with Crippen molar-refractivity contribution in [2.75, 3.05) is 25.1 Å². The fourth-order valence-electron chi connectivity index (χ4n) is 2.51. The Morgan fingerprint density at radius 1 is 1.40 bits per heavy atom. The van der Waals surface area contributed by atoms with Crippen LogP contribution in [0.2, 0.25) is 0 Å². The van der Waals surface area contributed by atoms with E-state index in [1.807, 2.05) is 7.05 Å². The van der Waals surface area contributed by atoms with Gasteiger partial charge in [0.1, 0.15) is 0 Å². The van der Waals surface area contributed by atoms with Crippen LogP contribution in [0.5, 0.6) is 0 Å². The van der Waals surface area contributed by atoms with Crippen molar-refractivity contribution < 1.29 is 8.42 Å². The number of nitrogens with one attached hydrogen (secondary N) is 1. The average molecular weight is 233 g/mol. The monoisotopic (exact) mass is 233 g/mol. The number of hydrogen-bond acceptors (Lipinski definition) is 3. The summed E-state index contributed by atoms with van der Waals surface area (Å²) in [5.41, 5.74) is 0. The summed E-state index contributed by atoms with van der Waals surface area (Å²) in [6.07, 6.45) is 1.99. The Labute approximate surface area is 93.6 Å². The highest BCUT2D eigenvalue weighted by atomic mass is 32.2. The van der Waals surface area contributed by atoms with Gasteiger partial charge in [-0.25, -0.2) is 8.42 Å². The van der Waals surface area contributed by atoms with Crippen molar-refractivity contribution in [2.24, 2.45) is 17.8 Å². The summed E-state index contributed by atoms with van der Waals surface area (Å²) >= 11 is 0. The van der Waals surface area contributed by atoms with E-state index in [1.165, 1.54) is 0 Å². The molecule has 90 valence electrons. The molecule has 1 aliphatic rings. The van der Waals surface area contributed by atoms with E-state index in [9.17, 15) is 8.42 Å². The van der Waals surface area contributed by atoms with Gasteiger partial charge in [0.2, 0.25) is 0 Å². The lowest BCUT2D eigenvalue weighted by atomic mass is 9.85. The van der Waals surface area contributed by atoms with Gasteiger partial charge in [0, 0.05) is 0 Å². The van der Waals surface area contributed by atoms with E-state index in [1.54, 1.807) is 0 Å². The third-order valence-electron chi connectivity index (χ3n) is 3.17. The van der Waals surface area contributed by atoms with E-state index >= 15 is 0 Å². The summed E-state index contributed by atoms with van der Waals surface area (Å²) in [7, 11) is -0.781. The maximum absolute atomic E-state index is 11.4. The normalized spacial score (nSPS) is 27.1. The van der Waals surface area contributed by atoms with Crippen molar-refractivity contribution in [3.8, 4) is 0 Å². The van der Waals surface area contributed by atoms with Crippen LogP contribution >= 0.6 is 0 Å². The molecule has 0 aromatic heterocycles. The predicted molar refractivity (Wildman–Crippen MR) is 63.6 cm³/mol. The fourth-order valence-corrected chi connectivity index (χ4v) is 4.43. The average Bonchev–Trinajstić information content (AvgIpc) is 2.44. The highest BCUT2D eigenvalue weighted by molar-refractivity contribution is 7.91. The van der Waals surface area contributed by atoms with Crippen molar-refractivity contribution in [2.45, 2.75) is 26.7 Å². The van der Waals surface area contributed by atoms with Crippen LogP contribution in [0.3, 0.4) is 0 Å².